The zero-order valence-electron chi connectivity index (χ0n) is 47.8. The predicted octanol–water partition coefficient (Wildman–Crippen LogP) is 6.58. The minimum Gasteiger partial charge on any atom is -1.00 e. The van der Waals surface area contributed by atoms with E-state index in [1.54, 1.807) is 24.3 Å². The monoisotopic (exact) mass is 1180 g/mol. The molecule has 13 atom stereocenters. The lowest BCUT2D eigenvalue weighted by atomic mass is 9.47. The highest BCUT2D eigenvalue weighted by molar-refractivity contribution is 5.91. The van der Waals surface area contributed by atoms with E-state index in [1.807, 2.05) is 54.6 Å². The van der Waals surface area contributed by atoms with Crippen molar-refractivity contribution in [2.24, 2.45) is 29.6 Å². The third-order valence-electron chi connectivity index (χ3n) is 22.5. The lowest BCUT2D eigenvalue weighted by molar-refractivity contribution is -0.138. The first-order valence-electron chi connectivity index (χ1n) is 30.1. The van der Waals surface area contributed by atoms with Gasteiger partial charge in [0.1, 0.15) is 28.8 Å². The van der Waals surface area contributed by atoms with E-state index in [2.05, 4.69) is 61.2 Å². The van der Waals surface area contributed by atoms with Crippen molar-refractivity contribution in [2.75, 3.05) is 27.2 Å². The van der Waals surface area contributed by atoms with Crippen LogP contribution >= 0.6 is 12.4 Å². The van der Waals surface area contributed by atoms with Crippen LogP contribution in [0.3, 0.4) is 0 Å². The van der Waals surface area contributed by atoms with E-state index in [4.69, 9.17) is 23.7 Å². The maximum absolute atomic E-state index is 12.8. The van der Waals surface area contributed by atoms with Gasteiger partial charge in [0.25, 0.3) is 0 Å². The smallest absolute Gasteiger partial charge is 0.343 e. The maximum Gasteiger partial charge on any atom is 0.343 e. The number of aliphatic hydroxyl groups is 3. The van der Waals surface area contributed by atoms with Gasteiger partial charge in [0.15, 0.2) is 24.1 Å². The van der Waals surface area contributed by atoms with Gasteiger partial charge in [-0.15, -0.1) is 12.4 Å². The first-order valence-corrected chi connectivity index (χ1v) is 30.1. The van der Waals surface area contributed by atoms with E-state index in [9.17, 15) is 29.7 Å². The summed E-state index contributed by atoms with van der Waals surface area (Å²) in [6.45, 7) is 4.28. The third-order valence-corrected chi connectivity index (χ3v) is 22.5. The Bertz CT molecular complexity index is 3370. The van der Waals surface area contributed by atoms with Crippen LogP contribution in [0, 0.1) is 29.6 Å². The summed E-state index contributed by atoms with van der Waals surface area (Å²) in [4.78, 5) is 43.2. The summed E-state index contributed by atoms with van der Waals surface area (Å²) in [7, 11) is 4.43. The van der Waals surface area contributed by atoms with Crippen LogP contribution in [-0.4, -0.2) is 100 Å². The summed E-state index contributed by atoms with van der Waals surface area (Å²) in [5.41, 5.74) is 10.9. The molecule has 3 N–H and O–H groups in total. The van der Waals surface area contributed by atoms with Crippen LogP contribution in [0.1, 0.15) is 129 Å². The Morgan fingerprint density at radius 3 is 1.48 bits per heavy atom. The van der Waals surface area contributed by atoms with E-state index in [1.165, 1.54) is 33.4 Å². The highest BCUT2D eigenvalue weighted by Gasteiger charge is 2.68. The Labute approximate surface area is 503 Å². The SMILES string of the molecule is CC1CCC23c4c5ccc(CO)c4OC2C(OC(=O)c2ccccc2)=CCC3C1C5.CN1CCC23c4c5ccc(CO)c4OC2C(=O)CCC3C1C5.CN1CCC23c4c5ccc(CO)c4OC2C(OC(=O)c2ccccc2)=CCC3C1C5.Cl.[Cl-]. The summed E-state index contributed by atoms with van der Waals surface area (Å²) >= 11 is 0. The molecule has 5 aromatic carbocycles. The molecule has 13 unspecified atom stereocenters. The lowest BCUT2D eigenvalue weighted by Gasteiger charge is -2.57. The van der Waals surface area contributed by atoms with Crippen molar-refractivity contribution in [2.45, 2.75) is 144 Å². The Hall–Kier alpha value is -6.03. The number of rotatable bonds is 7. The van der Waals surface area contributed by atoms with Crippen LogP contribution in [0.2, 0.25) is 0 Å². The molecule has 0 amide bonds. The molecule has 13 nitrogen and oxygen atoms in total. The van der Waals surface area contributed by atoms with Crippen molar-refractivity contribution in [3.63, 3.8) is 0 Å². The molecule has 5 aliphatic heterocycles. The molecule has 5 heterocycles. The standard InChI is InChI=1S/C26H26O4.C25H25NO4.C18H21NO3.2ClH/c1-15-11-12-26-20-9-10-21(29-25(28)16-5-3-2-4-6-16)24(26)30-23-18(14-27)8-7-17(22(23)26)13-19(15)20;1-26-12-11-25-18-9-10-20(29-24(28)15-5-3-2-4-6-15)23(25)30-22-17(14-27)8-7-16(21(22)25)13-19(18)26;1-19-7-6-18-12-4-5-14(21)17(18)22-16-11(9-20)3-2-10(15(16)18)8-13(12)19;;/h2-8,10,15,19-20,24,27H,9,11-14H2,1H3;2-8,10,18-19,23,27H,9,11-14H2,1H3;2-3,12-13,17,20H,4-9H2,1H3;2*1H/p-1. The zero-order chi connectivity index (χ0) is 56.0. The van der Waals surface area contributed by atoms with E-state index >= 15 is 0 Å². The number of likely N-dealkylation sites (tertiary alicyclic amines) is 2. The number of likely N-dealkylation sites (N-methyl/N-ethyl adjacent to an activating group) is 2. The van der Waals surface area contributed by atoms with E-state index in [0.29, 0.717) is 70.7 Å². The van der Waals surface area contributed by atoms with Gasteiger partial charge in [-0.2, -0.15) is 0 Å². The minimum atomic E-state index is -0.348. The largest absolute Gasteiger partial charge is 1.00 e. The van der Waals surface area contributed by atoms with Gasteiger partial charge in [-0.1, -0.05) is 79.7 Å². The van der Waals surface area contributed by atoms with Crippen molar-refractivity contribution < 1.29 is 65.8 Å². The molecule has 0 radical (unpaired) electrons. The number of ether oxygens (including phenoxy) is 5. The van der Waals surface area contributed by atoms with Gasteiger partial charge in [0.2, 0.25) is 0 Å². The average Bonchev–Trinajstić information content (AvgIpc) is 1.48. The number of carbonyl (C=O) groups excluding carboxylic acids is 3. The summed E-state index contributed by atoms with van der Waals surface area (Å²) in [6.07, 6.45) is 13.9. The molecular weight excluding hydrogens is 1100 g/mol. The Morgan fingerprint density at radius 2 is 0.988 bits per heavy atom. The van der Waals surface area contributed by atoms with E-state index < -0.39 is 0 Å². The number of aliphatic hydroxyl groups excluding tert-OH is 3. The molecule has 3 spiro atoms. The number of hydrogen-bond acceptors (Lipinski definition) is 13. The number of esters is 2. The van der Waals surface area contributed by atoms with Crippen molar-refractivity contribution >= 4 is 30.1 Å². The number of halogens is 2. The van der Waals surface area contributed by atoms with Crippen LogP contribution < -0.4 is 26.6 Å². The van der Waals surface area contributed by atoms with E-state index in [0.717, 1.165) is 111 Å². The molecule has 4 fully saturated rings. The Morgan fingerprint density at radius 1 is 0.560 bits per heavy atom. The van der Waals surface area contributed by atoms with Crippen LogP contribution in [0.25, 0.3) is 0 Å². The fraction of sp³-hybridized carbons (Fsp3) is 0.464. The molecule has 6 bridgehead atoms. The van der Waals surface area contributed by atoms with Gasteiger partial charge < -0.3 is 61.2 Å². The minimum absolute atomic E-state index is 0. The Kier molecular flexibility index (Phi) is 14.6. The number of piperidine rings is 2. The number of ketones is 1. The Balaban J connectivity index is 0.000000118. The molecule has 440 valence electrons. The van der Waals surface area contributed by atoms with Crippen molar-refractivity contribution in [3.05, 3.63) is 182 Å². The second-order valence-corrected chi connectivity index (χ2v) is 25.8. The van der Waals surface area contributed by atoms with Gasteiger partial charge in [-0.3, -0.25) is 4.79 Å². The van der Waals surface area contributed by atoms with Crippen LogP contribution in [0.4, 0.5) is 0 Å². The van der Waals surface area contributed by atoms with Crippen LogP contribution in [-0.2, 0) is 69.6 Å². The quantitative estimate of drug-likeness (QED) is 0.150. The third kappa shape index (κ3) is 8.07. The normalized spacial score (nSPS) is 32.8. The molecule has 17 rings (SSSR count). The summed E-state index contributed by atoms with van der Waals surface area (Å²) < 4.78 is 31.3. The lowest BCUT2D eigenvalue weighted by Crippen LogP contribution is -3.00. The van der Waals surface area contributed by atoms with Crippen LogP contribution in [0.5, 0.6) is 17.2 Å². The second-order valence-electron chi connectivity index (χ2n) is 25.8. The summed E-state index contributed by atoms with van der Waals surface area (Å²) in [5, 5.41) is 29.6. The number of nitrogens with zero attached hydrogens (tertiary/aromatic N) is 2. The van der Waals surface area contributed by atoms with Gasteiger partial charge in [0, 0.05) is 68.1 Å². The molecule has 7 aliphatic carbocycles. The molecule has 84 heavy (non-hydrogen) atoms. The fourth-order valence-electron chi connectivity index (χ4n) is 18.8. The van der Waals surface area contributed by atoms with Gasteiger partial charge >= 0.3 is 11.9 Å². The number of carbonyl (C=O) groups is 3. The number of hydrogen-bond donors (Lipinski definition) is 3. The highest BCUT2D eigenvalue weighted by Crippen LogP contribution is 2.67. The fourth-order valence-corrected chi connectivity index (χ4v) is 18.8. The summed E-state index contributed by atoms with van der Waals surface area (Å²) in [5.74, 6) is 6.03. The van der Waals surface area contributed by atoms with Crippen molar-refractivity contribution in [3.8, 4) is 17.2 Å². The van der Waals surface area contributed by atoms with Crippen molar-refractivity contribution in [1.29, 1.82) is 0 Å². The molecule has 5 aromatic rings. The molecule has 12 aliphatic rings. The van der Waals surface area contributed by atoms with Gasteiger partial charge in [0.05, 0.1) is 30.9 Å². The van der Waals surface area contributed by atoms with Gasteiger partial charge in [-0.25, -0.2) is 9.59 Å². The molecule has 2 saturated carbocycles. The second kappa shape index (κ2) is 21.4. The first-order chi connectivity index (χ1) is 39.9. The molecule has 15 heteroatoms. The maximum atomic E-state index is 12.8. The topological polar surface area (TPSA) is 165 Å². The number of Topliss-reactive ketones (excluding diaryl/α,β-unsaturated/α-hetero) is 1. The highest BCUT2D eigenvalue weighted by atomic mass is 35.5. The molecule has 0 aromatic heterocycles. The first kappa shape index (κ1) is 57.1. The summed E-state index contributed by atoms with van der Waals surface area (Å²) in [6, 6.07) is 31.7. The number of allylic oxidation sites excluding steroid dienone is 2. The van der Waals surface area contributed by atoms with Crippen LogP contribution in [0.15, 0.2) is 121 Å². The molecule has 2 saturated heterocycles. The predicted molar refractivity (Wildman–Crippen MR) is 312 cm³/mol. The van der Waals surface area contributed by atoms with E-state index in [-0.39, 0.29) is 96.9 Å². The zero-order valence-corrected chi connectivity index (χ0v) is 49.3. The molecular formula is C69H73Cl2N2O11-. The van der Waals surface area contributed by atoms with Gasteiger partial charge in [-0.05, 0) is 174 Å². The average molecular weight is 1180 g/mol. The number of benzene rings is 5. The van der Waals surface area contributed by atoms with Crippen molar-refractivity contribution in [1.82, 2.24) is 9.80 Å².